The monoisotopic (exact) mass is 277 g/mol. The third kappa shape index (κ3) is 2.31. The summed E-state index contributed by atoms with van der Waals surface area (Å²) in [6.07, 6.45) is 7.26. The van der Waals surface area contributed by atoms with Gasteiger partial charge >= 0.3 is 0 Å². The van der Waals surface area contributed by atoms with Crippen LogP contribution in [0.5, 0.6) is 0 Å². The largest absolute Gasteiger partial charge is 0.466 e. The Balaban J connectivity index is 1.81. The molecule has 2 N–H and O–H groups in total. The number of hydrogen-bond acceptors (Lipinski definition) is 3. The first-order valence-corrected chi connectivity index (χ1v) is 7.98. The summed E-state index contributed by atoms with van der Waals surface area (Å²) in [5, 5.41) is 0. The summed E-state index contributed by atoms with van der Waals surface area (Å²) < 4.78 is 11.9. The molecule has 112 valence electrons. The fourth-order valence-corrected chi connectivity index (χ4v) is 4.28. The van der Waals surface area contributed by atoms with E-state index in [2.05, 4.69) is 6.92 Å². The van der Waals surface area contributed by atoms with E-state index in [1.165, 1.54) is 36.8 Å². The van der Waals surface area contributed by atoms with E-state index in [0.717, 1.165) is 31.0 Å². The lowest BCUT2D eigenvalue weighted by Crippen LogP contribution is -2.40. The Hall–Kier alpha value is -0.800. The van der Waals surface area contributed by atoms with Crippen LogP contribution in [0.1, 0.15) is 67.2 Å². The highest BCUT2D eigenvalue weighted by Crippen LogP contribution is 2.45. The van der Waals surface area contributed by atoms with Crippen molar-refractivity contribution in [1.29, 1.82) is 0 Å². The molecule has 3 nitrogen and oxygen atoms in total. The van der Waals surface area contributed by atoms with E-state index in [1.54, 1.807) is 0 Å². The minimum absolute atomic E-state index is 0.0915. The maximum atomic E-state index is 6.62. The van der Waals surface area contributed by atoms with Crippen LogP contribution in [-0.4, -0.2) is 12.2 Å². The molecule has 1 aliphatic heterocycles. The fraction of sp³-hybridized carbons (Fsp3) is 0.765. The second-order valence-electron chi connectivity index (χ2n) is 6.77. The van der Waals surface area contributed by atoms with Crippen LogP contribution in [0.4, 0.5) is 0 Å². The van der Waals surface area contributed by atoms with Crippen LogP contribution in [0, 0.1) is 26.7 Å². The molecule has 1 spiro atoms. The predicted octanol–water partition coefficient (Wildman–Crippen LogP) is 3.94. The summed E-state index contributed by atoms with van der Waals surface area (Å²) >= 11 is 0. The first-order chi connectivity index (χ1) is 9.52. The molecule has 20 heavy (non-hydrogen) atoms. The van der Waals surface area contributed by atoms with Crippen molar-refractivity contribution in [2.75, 3.05) is 6.61 Å². The van der Waals surface area contributed by atoms with Gasteiger partial charge in [-0.1, -0.05) is 12.8 Å². The van der Waals surface area contributed by atoms with E-state index >= 15 is 0 Å². The highest BCUT2D eigenvalue weighted by atomic mass is 16.5. The molecule has 0 amide bonds. The molecule has 0 aromatic carbocycles. The summed E-state index contributed by atoms with van der Waals surface area (Å²) in [6, 6.07) is 0.0915. The average Bonchev–Trinajstić information content (AvgIpc) is 2.95. The van der Waals surface area contributed by atoms with Crippen molar-refractivity contribution >= 4 is 0 Å². The Morgan fingerprint density at radius 2 is 1.85 bits per heavy atom. The van der Waals surface area contributed by atoms with Gasteiger partial charge in [-0.05, 0) is 57.9 Å². The smallest absolute Gasteiger partial charge is 0.106 e. The Kier molecular flexibility index (Phi) is 3.67. The van der Waals surface area contributed by atoms with Crippen LogP contribution in [-0.2, 0) is 4.74 Å². The molecular weight excluding hydrogens is 250 g/mol. The molecule has 2 heterocycles. The van der Waals surface area contributed by atoms with Gasteiger partial charge < -0.3 is 14.9 Å². The van der Waals surface area contributed by atoms with E-state index in [4.69, 9.17) is 14.9 Å². The molecule has 2 aliphatic rings. The minimum Gasteiger partial charge on any atom is -0.466 e. The van der Waals surface area contributed by atoms with Crippen LogP contribution in [0.25, 0.3) is 0 Å². The van der Waals surface area contributed by atoms with Gasteiger partial charge in [-0.3, -0.25) is 0 Å². The van der Waals surface area contributed by atoms with Gasteiger partial charge in [0.1, 0.15) is 11.5 Å². The van der Waals surface area contributed by atoms with Gasteiger partial charge in [-0.2, -0.15) is 0 Å². The molecule has 3 rings (SSSR count). The lowest BCUT2D eigenvalue weighted by Gasteiger charge is -2.40. The Bertz CT molecular complexity index is 485. The molecule has 2 unspecified atom stereocenters. The van der Waals surface area contributed by atoms with Gasteiger partial charge in [0.2, 0.25) is 0 Å². The SMILES string of the molecule is Cc1oc(C)c(C(N)C2CCOC3(CCCC3)C2)c1C. The number of aryl methyl sites for hydroxylation is 2. The van der Waals surface area contributed by atoms with Crippen molar-refractivity contribution in [3.8, 4) is 0 Å². The Morgan fingerprint density at radius 3 is 2.45 bits per heavy atom. The molecular formula is C17H27NO2. The van der Waals surface area contributed by atoms with Gasteiger partial charge in [0, 0.05) is 18.2 Å². The zero-order chi connectivity index (χ0) is 14.3. The summed E-state index contributed by atoms with van der Waals surface area (Å²) in [7, 11) is 0. The second-order valence-corrected chi connectivity index (χ2v) is 6.77. The standard InChI is InChI=1S/C17H27NO2/c1-11-12(2)20-13(3)15(11)16(18)14-6-9-19-17(10-14)7-4-5-8-17/h14,16H,4-10,18H2,1-3H3. The van der Waals surface area contributed by atoms with E-state index in [-0.39, 0.29) is 11.6 Å². The van der Waals surface area contributed by atoms with E-state index in [9.17, 15) is 0 Å². The van der Waals surface area contributed by atoms with E-state index in [1.807, 2.05) is 13.8 Å². The highest BCUT2D eigenvalue weighted by Gasteiger charge is 2.42. The molecule has 1 saturated heterocycles. The van der Waals surface area contributed by atoms with Crippen LogP contribution < -0.4 is 5.73 Å². The first kappa shape index (κ1) is 14.2. The molecule has 1 aromatic heterocycles. The van der Waals surface area contributed by atoms with Crippen molar-refractivity contribution in [3.05, 3.63) is 22.6 Å². The van der Waals surface area contributed by atoms with Crippen molar-refractivity contribution in [3.63, 3.8) is 0 Å². The van der Waals surface area contributed by atoms with Crippen LogP contribution >= 0.6 is 0 Å². The lowest BCUT2D eigenvalue weighted by atomic mass is 9.78. The van der Waals surface area contributed by atoms with Gasteiger partial charge in [-0.25, -0.2) is 0 Å². The number of rotatable bonds is 2. The van der Waals surface area contributed by atoms with Crippen LogP contribution in [0.2, 0.25) is 0 Å². The van der Waals surface area contributed by atoms with Crippen LogP contribution in [0.15, 0.2) is 4.42 Å². The van der Waals surface area contributed by atoms with E-state index in [0.29, 0.717) is 5.92 Å². The first-order valence-electron chi connectivity index (χ1n) is 7.98. The normalized spacial score (nSPS) is 27.1. The molecule has 1 saturated carbocycles. The summed E-state index contributed by atoms with van der Waals surface area (Å²) in [5.41, 5.74) is 9.24. The molecule has 1 aliphatic carbocycles. The number of hydrogen-bond donors (Lipinski definition) is 1. The van der Waals surface area contributed by atoms with Crippen molar-refractivity contribution in [1.82, 2.24) is 0 Å². The van der Waals surface area contributed by atoms with Crippen LogP contribution in [0.3, 0.4) is 0 Å². The van der Waals surface area contributed by atoms with Crippen molar-refractivity contribution in [2.24, 2.45) is 11.7 Å². The summed E-state index contributed by atoms with van der Waals surface area (Å²) in [5.74, 6) is 2.53. The second kappa shape index (κ2) is 5.19. The topological polar surface area (TPSA) is 48.4 Å². The quantitative estimate of drug-likeness (QED) is 0.890. The molecule has 2 atom stereocenters. The maximum Gasteiger partial charge on any atom is 0.106 e. The summed E-state index contributed by atoms with van der Waals surface area (Å²) in [4.78, 5) is 0. The van der Waals surface area contributed by atoms with Gasteiger partial charge in [0.25, 0.3) is 0 Å². The number of furan rings is 1. The minimum atomic E-state index is 0.0915. The molecule has 0 bridgehead atoms. The molecule has 1 aromatic rings. The molecule has 2 fully saturated rings. The van der Waals surface area contributed by atoms with Crippen molar-refractivity contribution in [2.45, 2.75) is 70.9 Å². The zero-order valence-corrected chi connectivity index (χ0v) is 13.0. The number of nitrogens with two attached hydrogens (primary N) is 1. The zero-order valence-electron chi connectivity index (χ0n) is 13.0. The molecule has 0 radical (unpaired) electrons. The maximum absolute atomic E-state index is 6.62. The Morgan fingerprint density at radius 1 is 1.15 bits per heavy atom. The van der Waals surface area contributed by atoms with E-state index < -0.39 is 0 Å². The van der Waals surface area contributed by atoms with Gasteiger partial charge in [-0.15, -0.1) is 0 Å². The summed E-state index contributed by atoms with van der Waals surface area (Å²) in [6.45, 7) is 7.07. The number of ether oxygens (including phenoxy) is 1. The highest BCUT2D eigenvalue weighted by molar-refractivity contribution is 5.34. The third-order valence-corrected chi connectivity index (χ3v) is 5.50. The fourth-order valence-electron chi connectivity index (χ4n) is 4.28. The van der Waals surface area contributed by atoms with Gasteiger partial charge in [0.05, 0.1) is 5.60 Å². The Labute approximate surface area is 121 Å². The lowest BCUT2D eigenvalue weighted by molar-refractivity contribution is -0.0964. The van der Waals surface area contributed by atoms with Gasteiger partial charge in [0.15, 0.2) is 0 Å². The average molecular weight is 277 g/mol. The van der Waals surface area contributed by atoms with Crippen molar-refractivity contribution < 1.29 is 9.15 Å². The predicted molar refractivity (Wildman–Crippen MR) is 79.7 cm³/mol. The molecule has 3 heteroatoms. The third-order valence-electron chi connectivity index (χ3n) is 5.50.